The number of carbonyl (C=O) groups is 1. The molecule has 0 spiro atoms. The first kappa shape index (κ1) is 17.2. The highest BCUT2D eigenvalue weighted by Gasteiger charge is 2.17. The summed E-state index contributed by atoms with van der Waals surface area (Å²) in [6.45, 7) is 7.95. The summed E-state index contributed by atoms with van der Waals surface area (Å²) >= 11 is 0. The molecule has 7 heteroatoms. The summed E-state index contributed by atoms with van der Waals surface area (Å²) in [6, 6.07) is 9.55. The summed E-state index contributed by atoms with van der Waals surface area (Å²) in [6.07, 6.45) is 1.83. The lowest BCUT2D eigenvalue weighted by Gasteiger charge is -2.32. The lowest BCUT2D eigenvalue weighted by Crippen LogP contribution is -2.43. The molecule has 0 aliphatic carbocycles. The molecule has 2 heterocycles. The minimum atomic E-state index is -0.0822. The van der Waals surface area contributed by atoms with E-state index in [0.29, 0.717) is 0 Å². The monoisotopic (exact) mass is 341 g/mol. The second-order valence-corrected chi connectivity index (χ2v) is 6.04. The summed E-state index contributed by atoms with van der Waals surface area (Å²) in [7, 11) is 0. The van der Waals surface area contributed by atoms with Gasteiger partial charge in [0, 0.05) is 56.6 Å². The largest absolute Gasteiger partial charge is 0.359 e. The van der Waals surface area contributed by atoms with Crippen LogP contribution in [0.5, 0.6) is 0 Å². The standard InChI is InChI=1S/C18H23N5O2/c1-3-19-23-10-8-22(9-11-23)13-17-12-18(21-25-17)15-4-6-16(7-5-15)20-14(2)24/h3-7,12H,8-11,13H2,1-2H3,(H,20,24)/b19-3+. The zero-order valence-corrected chi connectivity index (χ0v) is 14.6. The molecule has 25 heavy (non-hydrogen) atoms. The number of nitrogens with zero attached hydrogens (tertiary/aromatic N) is 4. The van der Waals surface area contributed by atoms with E-state index in [1.807, 2.05) is 43.5 Å². The minimum absolute atomic E-state index is 0.0822. The topological polar surface area (TPSA) is 74.0 Å². The fourth-order valence-electron chi connectivity index (χ4n) is 2.85. The van der Waals surface area contributed by atoms with Crippen molar-refractivity contribution >= 4 is 17.8 Å². The van der Waals surface area contributed by atoms with E-state index in [4.69, 9.17) is 4.52 Å². The van der Waals surface area contributed by atoms with Gasteiger partial charge in [-0.15, -0.1) is 0 Å². The molecule has 2 aromatic rings. The average molecular weight is 341 g/mol. The van der Waals surface area contributed by atoms with Gasteiger partial charge in [-0.2, -0.15) is 5.10 Å². The predicted molar refractivity (Wildman–Crippen MR) is 97.3 cm³/mol. The van der Waals surface area contributed by atoms with Gasteiger partial charge in [0.25, 0.3) is 0 Å². The summed E-state index contributed by atoms with van der Waals surface area (Å²) < 4.78 is 5.49. The van der Waals surface area contributed by atoms with Gasteiger partial charge >= 0.3 is 0 Å². The molecule has 0 bridgehead atoms. The molecule has 1 saturated heterocycles. The van der Waals surface area contributed by atoms with Crippen LogP contribution >= 0.6 is 0 Å². The number of anilines is 1. The number of rotatable bonds is 5. The molecule has 1 aromatic carbocycles. The van der Waals surface area contributed by atoms with Crippen molar-refractivity contribution < 1.29 is 9.32 Å². The van der Waals surface area contributed by atoms with Gasteiger partial charge in [-0.05, 0) is 19.1 Å². The summed E-state index contributed by atoms with van der Waals surface area (Å²) in [4.78, 5) is 13.4. The van der Waals surface area contributed by atoms with Crippen molar-refractivity contribution in [3.05, 3.63) is 36.1 Å². The van der Waals surface area contributed by atoms with Gasteiger partial charge in [-0.25, -0.2) is 0 Å². The molecule has 1 amide bonds. The lowest BCUT2D eigenvalue weighted by atomic mass is 10.1. The molecule has 0 unspecified atom stereocenters. The van der Waals surface area contributed by atoms with E-state index in [1.54, 1.807) is 0 Å². The van der Waals surface area contributed by atoms with E-state index >= 15 is 0 Å². The smallest absolute Gasteiger partial charge is 0.221 e. The number of hydrogen-bond acceptors (Lipinski definition) is 6. The van der Waals surface area contributed by atoms with Crippen LogP contribution in [0, 0.1) is 0 Å². The Kier molecular flexibility index (Phi) is 5.45. The van der Waals surface area contributed by atoms with Crippen LogP contribution in [0.2, 0.25) is 0 Å². The van der Waals surface area contributed by atoms with Crippen molar-refractivity contribution in [2.45, 2.75) is 20.4 Å². The van der Waals surface area contributed by atoms with Gasteiger partial charge in [-0.3, -0.25) is 14.7 Å². The van der Waals surface area contributed by atoms with Gasteiger partial charge < -0.3 is 9.84 Å². The highest BCUT2D eigenvalue weighted by Crippen LogP contribution is 2.22. The molecule has 0 radical (unpaired) electrons. The normalized spacial score (nSPS) is 15.7. The van der Waals surface area contributed by atoms with Crippen molar-refractivity contribution in [1.29, 1.82) is 0 Å². The Labute approximate surface area is 147 Å². The quantitative estimate of drug-likeness (QED) is 0.846. The number of benzene rings is 1. The molecule has 1 aliphatic heterocycles. The Morgan fingerprint density at radius 2 is 2.00 bits per heavy atom. The first-order valence-corrected chi connectivity index (χ1v) is 8.43. The average Bonchev–Trinajstić information content (AvgIpc) is 3.05. The Balaban J connectivity index is 1.58. The molecule has 3 rings (SSSR count). The van der Waals surface area contributed by atoms with Gasteiger partial charge in [0.15, 0.2) is 5.76 Å². The van der Waals surface area contributed by atoms with Crippen LogP contribution < -0.4 is 5.32 Å². The molecule has 132 valence electrons. The molecule has 1 aromatic heterocycles. The molecular weight excluding hydrogens is 318 g/mol. The number of hydrogen-bond donors (Lipinski definition) is 1. The Bertz CT molecular complexity index is 730. The molecule has 7 nitrogen and oxygen atoms in total. The van der Waals surface area contributed by atoms with Gasteiger partial charge in [0.05, 0.1) is 6.54 Å². The van der Waals surface area contributed by atoms with E-state index in [-0.39, 0.29) is 5.91 Å². The van der Waals surface area contributed by atoms with Crippen LogP contribution in [-0.4, -0.2) is 53.4 Å². The van der Waals surface area contributed by atoms with Crippen LogP contribution in [-0.2, 0) is 11.3 Å². The predicted octanol–water partition coefficient (Wildman–Crippen LogP) is 2.42. The Hall–Kier alpha value is -2.67. The number of amides is 1. The zero-order valence-electron chi connectivity index (χ0n) is 14.6. The maximum atomic E-state index is 11.1. The first-order chi connectivity index (χ1) is 12.1. The van der Waals surface area contributed by atoms with Crippen LogP contribution in [0.3, 0.4) is 0 Å². The number of carbonyl (C=O) groups excluding carboxylic acids is 1. The van der Waals surface area contributed by atoms with E-state index in [2.05, 4.69) is 25.5 Å². The molecule has 1 aliphatic rings. The lowest BCUT2D eigenvalue weighted by molar-refractivity contribution is -0.114. The summed E-state index contributed by atoms with van der Waals surface area (Å²) in [5.74, 6) is 0.773. The minimum Gasteiger partial charge on any atom is -0.359 e. The SMILES string of the molecule is C/C=N/N1CCN(Cc2cc(-c3ccc(NC(C)=O)cc3)no2)CC1. The van der Waals surface area contributed by atoms with Crippen LogP contribution in [0.15, 0.2) is 40.0 Å². The van der Waals surface area contributed by atoms with Gasteiger partial charge in [0.2, 0.25) is 5.91 Å². The van der Waals surface area contributed by atoms with Crippen molar-refractivity contribution in [3.63, 3.8) is 0 Å². The van der Waals surface area contributed by atoms with E-state index < -0.39 is 0 Å². The summed E-state index contributed by atoms with van der Waals surface area (Å²) in [5, 5.41) is 13.3. The molecular formula is C18H23N5O2. The molecule has 0 saturated carbocycles. The van der Waals surface area contributed by atoms with Crippen molar-refractivity contribution in [2.75, 3.05) is 31.5 Å². The molecule has 1 fully saturated rings. The second kappa shape index (κ2) is 7.94. The van der Waals surface area contributed by atoms with Crippen LogP contribution in [0.4, 0.5) is 5.69 Å². The van der Waals surface area contributed by atoms with E-state index in [9.17, 15) is 4.79 Å². The number of nitrogens with one attached hydrogen (secondary N) is 1. The summed E-state index contributed by atoms with van der Waals surface area (Å²) in [5.41, 5.74) is 2.54. The van der Waals surface area contributed by atoms with E-state index in [1.165, 1.54) is 6.92 Å². The van der Waals surface area contributed by atoms with Crippen molar-refractivity contribution in [3.8, 4) is 11.3 Å². The fourth-order valence-corrected chi connectivity index (χ4v) is 2.85. The Morgan fingerprint density at radius 3 is 2.64 bits per heavy atom. The number of hydrazone groups is 1. The third-order valence-electron chi connectivity index (χ3n) is 4.07. The maximum absolute atomic E-state index is 11.1. The third-order valence-corrected chi connectivity index (χ3v) is 4.07. The number of piperazine rings is 1. The van der Waals surface area contributed by atoms with Crippen molar-refractivity contribution in [1.82, 2.24) is 15.1 Å². The van der Waals surface area contributed by atoms with Gasteiger partial charge in [-0.1, -0.05) is 17.3 Å². The maximum Gasteiger partial charge on any atom is 0.221 e. The van der Waals surface area contributed by atoms with Crippen LogP contribution in [0.1, 0.15) is 19.6 Å². The second-order valence-electron chi connectivity index (χ2n) is 6.04. The zero-order chi connectivity index (χ0) is 17.6. The van der Waals surface area contributed by atoms with E-state index in [0.717, 1.165) is 55.4 Å². The third kappa shape index (κ3) is 4.67. The molecule has 1 N–H and O–H groups in total. The first-order valence-electron chi connectivity index (χ1n) is 8.43. The number of aromatic nitrogens is 1. The fraction of sp³-hybridized carbons (Fsp3) is 0.389. The highest BCUT2D eigenvalue weighted by atomic mass is 16.5. The van der Waals surface area contributed by atoms with Crippen molar-refractivity contribution in [2.24, 2.45) is 5.10 Å². The van der Waals surface area contributed by atoms with Crippen LogP contribution in [0.25, 0.3) is 11.3 Å². The molecule has 0 atom stereocenters. The van der Waals surface area contributed by atoms with Gasteiger partial charge in [0.1, 0.15) is 5.69 Å². The highest BCUT2D eigenvalue weighted by molar-refractivity contribution is 5.88. The Morgan fingerprint density at radius 1 is 1.28 bits per heavy atom.